The van der Waals surface area contributed by atoms with Gasteiger partial charge < -0.3 is 4.55 Å². The molecule has 0 radical (unpaired) electrons. The number of carbonyl (C=O) groups excluding carboxylic acids is 1. The second kappa shape index (κ2) is 12.5. The molecule has 1 rings (SSSR count). The molecule has 0 aliphatic heterocycles. The van der Waals surface area contributed by atoms with Gasteiger partial charge in [0.2, 0.25) is 0 Å². The van der Waals surface area contributed by atoms with Gasteiger partial charge in [0.25, 0.3) is 0 Å². The van der Waals surface area contributed by atoms with Crippen LogP contribution in [0.3, 0.4) is 0 Å². The lowest BCUT2D eigenvalue weighted by Crippen LogP contribution is -2.31. The number of benzene rings is 1. The van der Waals surface area contributed by atoms with Gasteiger partial charge in [-0.2, -0.15) is 0 Å². The van der Waals surface area contributed by atoms with E-state index < -0.39 is 10.1 Å². The maximum absolute atomic E-state index is 11.7. The zero-order chi connectivity index (χ0) is 20.3. The molecule has 0 aliphatic rings. The van der Waals surface area contributed by atoms with Crippen molar-refractivity contribution in [2.45, 2.75) is 82.6 Å². The summed E-state index contributed by atoms with van der Waals surface area (Å²) in [6.45, 7) is 13.0. The number of ketones is 1. The van der Waals surface area contributed by atoms with Gasteiger partial charge in [0.05, 0.1) is 4.90 Å². The maximum atomic E-state index is 11.7. The number of Topliss-reactive ketones (excluding diaryl/α,β-unsaturated/α-hetero) is 1. The molecule has 0 saturated carbocycles. The maximum Gasteiger partial charge on any atom is 0.181 e. The van der Waals surface area contributed by atoms with Gasteiger partial charge in [0, 0.05) is 6.42 Å². The minimum Gasteiger partial charge on any atom is -0.744 e. The molecule has 0 aliphatic carbocycles. The van der Waals surface area contributed by atoms with Crippen LogP contribution >= 0.6 is 0 Å². The second-order valence-corrected chi connectivity index (χ2v) is 11.5. The van der Waals surface area contributed by atoms with Crippen LogP contribution in [0.5, 0.6) is 0 Å². The van der Waals surface area contributed by atoms with Crippen molar-refractivity contribution >= 4 is 26.8 Å². The molecule has 0 amide bonds. The minimum absolute atomic E-state index is 0.178. The Hall–Kier alpha value is -0.850. The topological polar surface area (TPSA) is 74.3 Å². The molecule has 150 valence electrons. The van der Waals surface area contributed by atoms with Crippen molar-refractivity contribution in [3.63, 3.8) is 0 Å². The summed E-state index contributed by atoms with van der Waals surface area (Å²) in [7, 11) is -3.98. The Kier molecular flexibility index (Phi) is 12.1. The average Bonchev–Trinajstić information content (AvgIpc) is 2.52. The first kappa shape index (κ1) is 25.1. The minimum atomic E-state index is -4.27. The van der Waals surface area contributed by atoms with Gasteiger partial charge in [-0.3, -0.25) is 4.79 Å². The van der Waals surface area contributed by atoms with Crippen LogP contribution in [0.1, 0.15) is 65.9 Å². The molecule has 4 nitrogen and oxygen atoms in total. The van der Waals surface area contributed by atoms with Crippen molar-refractivity contribution in [1.82, 2.24) is 0 Å². The lowest BCUT2D eigenvalue weighted by molar-refractivity contribution is -0.116. The molecule has 0 bridgehead atoms. The van der Waals surface area contributed by atoms with Gasteiger partial charge in [-0.1, -0.05) is 37.5 Å². The summed E-state index contributed by atoms with van der Waals surface area (Å²) in [5.41, 5.74) is 0.928. The van der Waals surface area contributed by atoms with Crippen LogP contribution in [0.15, 0.2) is 29.2 Å². The molecule has 0 aromatic heterocycles. The molecule has 0 spiro atoms. The van der Waals surface area contributed by atoms with E-state index in [1.807, 2.05) is 6.92 Å². The average molecular weight is 403 g/mol. The van der Waals surface area contributed by atoms with Crippen molar-refractivity contribution in [3.05, 3.63) is 29.8 Å². The first-order valence-corrected chi connectivity index (χ1v) is 12.1. The number of unbranched alkanes of at least 4 members (excludes halogenated alkanes) is 2. The second-order valence-electron chi connectivity index (χ2n) is 6.97. The normalized spacial score (nSPS) is 11.6. The molecule has 0 heterocycles. The van der Waals surface area contributed by atoms with Crippen LogP contribution in [0.4, 0.5) is 0 Å². The molecule has 0 fully saturated rings. The van der Waals surface area contributed by atoms with E-state index in [2.05, 4.69) is 34.6 Å². The quantitative estimate of drug-likeness (QED) is 0.347. The van der Waals surface area contributed by atoms with Gasteiger partial charge >= 0.3 is 0 Å². The van der Waals surface area contributed by atoms with Crippen molar-refractivity contribution in [1.29, 1.82) is 0 Å². The van der Waals surface area contributed by atoms with E-state index in [9.17, 15) is 17.8 Å². The fourth-order valence-corrected chi connectivity index (χ4v) is 5.15. The smallest absolute Gasteiger partial charge is 0.181 e. The van der Waals surface area contributed by atoms with Crippen LogP contribution in [0.25, 0.3) is 0 Å². The van der Waals surface area contributed by atoms with Crippen LogP contribution in [0.2, 0.25) is 0 Å². The molecular formula is C20H34O4S2. The third kappa shape index (κ3) is 11.0. The van der Waals surface area contributed by atoms with Gasteiger partial charge in [0.15, 0.2) is 11.5 Å². The Morgan fingerprint density at radius 1 is 1.04 bits per heavy atom. The molecule has 0 saturated heterocycles. The molecular weight excluding hydrogens is 368 g/mol. The molecule has 1 aromatic rings. The van der Waals surface area contributed by atoms with Gasteiger partial charge in [-0.15, -0.1) is 0 Å². The molecule has 0 unspecified atom stereocenters. The zero-order valence-electron chi connectivity index (χ0n) is 16.9. The summed E-state index contributed by atoms with van der Waals surface area (Å²) in [6.07, 6.45) is 4.29. The monoisotopic (exact) mass is 402 g/mol. The highest BCUT2D eigenvalue weighted by atomic mass is 32.2. The van der Waals surface area contributed by atoms with Crippen LogP contribution in [-0.4, -0.2) is 35.0 Å². The Balaban J connectivity index is 0.000000502. The summed E-state index contributed by atoms with van der Waals surface area (Å²) >= 11 is 0. The summed E-state index contributed by atoms with van der Waals surface area (Å²) in [5.74, 6) is 1.30. The molecule has 26 heavy (non-hydrogen) atoms. The van der Waals surface area contributed by atoms with E-state index in [-0.39, 0.29) is 15.8 Å². The number of aryl methyl sites for hydroxylation is 1. The van der Waals surface area contributed by atoms with Crippen molar-refractivity contribution < 1.29 is 17.8 Å². The molecule has 0 N–H and O–H groups in total. The van der Waals surface area contributed by atoms with E-state index in [4.69, 9.17) is 0 Å². The Morgan fingerprint density at radius 3 is 1.92 bits per heavy atom. The first-order valence-electron chi connectivity index (χ1n) is 9.21. The standard InChI is InChI=1S/C13H27OS.C7H8O3S/c1-6-7-8-9-13(14)10-15(11(2)3)12(4)5;1-6-2-4-7(5-3-6)11(8,9)10/h11-12H,6-10H2,1-5H3;2-5H,1H3,(H,8,9,10)/q+1;/p-1. The first-order chi connectivity index (χ1) is 12.0. The lowest BCUT2D eigenvalue weighted by atomic mass is 10.2. The Labute approximate surface area is 162 Å². The van der Waals surface area contributed by atoms with Crippen LogP contribution < -0.4 is 0 Å². The number of hydrogen-bond acceptors (Lipinski definition) is 4. The molecule has 6 heteroatoms. The highest BCUT2D eigenvalue weighted by Gasteiger charge is 2.29. The summed E-state index contributed by atoms with van der Waals surface area (Å²) in [5, 5.41) is 1.31. The van der Waals surface area contributed by atoms with Gasteiger partial charge in [-0.25, -0.2) is 8.42 Å². The highest BCUT2D eigenvalue weighted by molar-refractivity contribution is 7.98. The van der Waals surface area contributed by atoms with Crippen molar-refractivity contribution in [2.24, 2.45) is 0 Å². The fourth-order valence-electron chi connectivity index (χ4n) is 2.41. The van der Waals surface area contributed by atoms with Gasteiger partial charge in [0.1, 0.15) is 20.6 Å². The van der Waals surface area contributed by atoms with Crippen LogP contribution in [-0.2, 0) is 25.8 Å². The van der Waals surface area contributed by atoms with Crippen LogP contribution in [0, 0.1) is 6.92 Å². The predicted molar refractivity (Wildman–Crippen MR) is 111 cm³/mol. The van der Waals surface area contributed by atoms with E-state index in [1.165, 1.54) is 25.0 Å². The third-order valence-corrected chi connectivity index (χ3v) is 7.83. The Bertz CT molecular complexity index is 612. The summed E-state index contributed by atoms with van der Waals surface area (Å²) in [6, 6.07) is 5.78. The highest BCUT2D eigenvalue weighted by Crippen LogP contribution is 2.14. The van der Waals surface area contributed by atoms with Crippen molar-refractivity contribution in [3.8, 4) is 0 Å². The predicted octanol–water partition coefficient (Wildman–Crippen LogP) is 4.47. The van der Waals surface area contributed by atoms with E-state index in [0.717, 1.165) is 24.2 Å². The lowest BCUT2D eigenvalue weighted by Gasteiger charge is -2.15. The van der Waals surface area contributed by atoms with E-state index >= 15 is 0 Å². The third-order valence-electron chi connectivity index (χ3n) is 3.91. The Morgan fingerprint density at radius 2 is 1.54 bits per heavy atom. The van der Waals surface area contributed by atoms with E-state index in [0.29, 0.717) is 16.3 Å². The molecule has 0 atom stereocenters. The SMILES string of the molecule is CCCCCC(=O)C[S+](C(C)C)C(C)C.Cc1ccc(S(=O)(=O)[O-])cc1. The summed E-state index contributed by atoms with van der Waals surface area (Å²) < 4.78 is 31.2. The largest absolute Gasteiger partial charge is 0.744 e. The van der Waals surface area contributed by atoms with E-state index in [1.54, 1.807) is 12.1 Å². The molecule has 1 aromatic carbocycles. The van der Waals surface area contributed by atoms with Crippen molar-refractivity contribution in [2.75, 3.05) is 5.75 Å². The summed E-state index contributed by atoms with van der Waals surface area (Å²) in [4.78, 5) is 11.6. The fraction of sp³-hybridized carbons (Fsp3) is 0.650. The number of hydrogen-bond donors (Lipinski definition) is 0. The van der Waals surface area contributed by atoms with Gasteiger partial charge in [-0.05, 0) is 64.1 Å². The zero-order valence-corrected chi connectivity index (χ0v) is 18.6. The number of carbonyl (C=O) groups is 1. The number of rotatable bonds is 9.